The van der Waals surface area contributed by atoms with Crippen molar-refractivity contribution in [2.75, 3.05) is 0 Å². The SMILES string of the molecule is Cc1cc(Cc2nnc(C3CCC(Oc4ccccn4)CC3)n2-c2ccc(Cl)cc2)no1. The normalized spacial score (nSPS) is 18.6. The zero-order chi connectivity index (χ0) is 21.9. The van der Waals surface area contributed by atoms with E-state index in [0.29, 0.717) is 23.2 Å². The molecule has 7 nitrogen and oxygen atoms in total. The van der Waals surface area contributed by atoms with E-state index in [1.54, 1.807) is 6.20 Å². The maximum absolute atomic E-state index is 6.13. The highest BCUT2D eigenvalue weighted by atomic mass is 35.5. The molecule has 0 saturated heterocycles. The quantitative estimate of drug-likeness (QED) is 0.397. The van der Waals surface area contributed by atoms with E-state index in [1.165, 1.54) is 0 Å². The van der Waals surface area contributed by atoms with Crippen molar-refractivity contribution in [1.82, 2.24) is 24.9 Å². The standard InChI is InChI=1S/C24H24ClN5O2/c1-16-14-19(29-32-16)15-22-27-28-24(30(22)20-9-7-18(25)8-10-20)17-5-11-21(12-6-17)31-23-4-2-3-13-26-23/h2-4,7-10,13-14,17,21H,5-6,11-12,15H2,1H3. The van der Waals surface area contributed by atoms with Gasteiger partial charge in [0, 0.05) is 35.0 Å². The van der Waals surface area contributed by atoms with Crippen molar-refractivity contribution in [2.24, 2.45) is 0 Å². The van der Waals surface area contributed by atoms with Crippen LogP contribution in [-0.2, 0) is 6.42 Å². The first-order chi connectivity index (χ1) is 15.7. The van der Waals surface area contributed by atoms with Crippen LogP contribution < -0.4 is 4.74 Å². The van der Waals surface area contributed by atoms with Gasteiger partial charge in [-0.3, -0.25) is 4.57 Å². The van der Waals surface area contributed by atoms with Crippen molar-refractivity contribution in [3.05, 3.63) is 82.9 Å². The summed E-state index contributed by atoms with van der Waals surface area (Å²) in [6, 6.07) is 15.5. The lowest BCUT2D eigenvalue weighted by molar-refractivity contribution is 0.139. The summed E-state index contributed by atoms with van der Waals surface area (Å²) in [6.07, 6.45) is 6.33. The Morgan fingerprint density at radius 1 is 1.06 bits per heavy atom. The van der Waals surface area contributed by atoms with E-state index < -0.39 is 0 Å². The number of halogens is 1. The lowest BCUT2D eigenvalue weighted by Crippen LogP contribution is -2.25. The molecule has 0 aliphatic heterocycles. The molecule has 0 unspecified atom stereocenters. The zero-order valence-electron chi connectivity index (χ0n) is 17.8. The van der Waals surface area contributed by atoms with Gasteiger partial charge in [0.05, 0.1) is 12.1 Å². The largest absolute Gasteiger partial charge is 0.474 e. The summed E-state index contributed by atoms with van der Waals surface area (Å²) in [5.41, 5.74) is 1.83. The maximum atomic E-state index is 6.13. The van der Waals surface area contributed by atoms with Crippen LogP contribution in [0.4, 0.5) is 0 Å². The summed E-state index contributed by atoms with van der Waals surface area (Å²) in [4.78, 5) is 4.28. The fourth-order valence-corrected chi connectivity index (χ4v) is 4.40. The van der Waals surface area contributed by atoms with E-state index in [1.807, 2.05) is 55.5 Å². The van der Waals surface area contributed by atoms with Gasteiger partial charge in [-0.2, -0.15) is 0 Å². The Morgan fingerprint density at radius 3 is 2.56 bits per heavy atom. The number of benzene rings is 1. The molecule has 1 aliphatic rings. The molecule has 0 N–H and O–H groups in total. The number of rotatable bonds is 6. The fourth-order valence-electron chi connectivity index (χ4n) is 4.27. The van der Waals surface area contributed by atoms with Crippen molar-refractivity contribution in [1.29, 1.82) is 0 Å². The van der Waals surface area contributed by atoms with E-state index in [2.05, 4.69) is 24.9 Å². The number of nitrogens with zero attached hydrogens (tertiary/aromatic N) is 5. The van der Waals surface area contributed by atoms with Crippen molar-refractivity contribution in [2.45, 2.75) is 51.0 Å². The van der Waals surface area contributed by atoms with Gasteiger partial charge in [0.2, 0.25) is 5.88 Å². The van der Waals surface area contributed by atoms with Crippen molar-refractivity contribution >= 4 is 11.6 Å². The van der Waals surface area contributed by atoms with E-state index in [-0.39, 0.29) is 6.10 Å². The molecule has 164 valence electrons. The third kappa shape index (κ3) is 4.53. The summed E-state index contributed by atoms with van der Waals surface area (Å²) >= 11 is 6.13. The minimum atomic E-state index is 0.172. The Bertz CT molecular complexity index is 1160. The Hall–Kier alpha value is -3.19. The summed E-state index contributed by atoms with van der Waals surface area (Å²) in [6.45, 7) is 1.89. The van der Waals surface area contributed by atoms with Gasteiger partial charge >= 0.3 is 0 Å². The lowest BCUT2D eigenvalue weighted by atomic mass is 9.86. The van der Waals surface area contributed by atoms with E-state index in [9.17, 15) is 0 Å². The number of ether oxygens (including phenoxy) is 1. The summed E-state index contributed by atoms with van der Waals surface area (Å²) < 4.78 is 13.4. The summed E-state index contributed by atoms with van der Waals surface area (Å²) in [5, 5.41) is 14.0. The number of aromatic nitrogens is 5. The smallest absolute Gasteiger partial charge is 0.213 e. The van der Waals surface area contributed by atoms with Crippen LogP contribution in [0.15, 0.2) is 59.3 Å². The predicted molar refractivity (Wildman–Crippen MR) is 120 cm³/mol. The Morgan fingerprint density at radius 2 is 1.88 bits per heavy atom. The first-order valence-electron chi connectivity index (χ1n) is 10.9. The Balaban J connectivity index is 1.38. The van der Waals surface area contributed by atoms with Crippen LogP contribution in [0.25, 0.3) is 5.69 Å². The molecular weight excluding hydrogens is 426 g/mol. The second-order valence-electron chi connectivity index (χ2n) is 8.15. The molecule has 32 heavy (non-hydrogen) atoms. The highest BCUT2D eigenvalue weighted by Gasteiger charge is 2.29. The molecular formula is C24H24ClN5O2. The van der Waals surface area contributed by atoms with E-state index in [4.69, 9.17) is 20.9 Å². The Labute approximate surface area is 191 Å². The van der Waals surface area contributed by atoms with Gasteiger partial charge in [0.1, 0.15) is 23.5 Å². The topological polar surface area (TPSA) is 78.9 Å². The minimum absolute atomic E-state index is 0.172. The molecule has 0 radical (unpaired) electrons. The van der Waals surface area contributed by atoms with Crippen molar-refractivity contribution in [3.8, 4) is 11.6 Å². The van der Waals surface area contributed by atoms with Gasteiger partial charge in [-0.05, 0) is 62.9 Å². The molecule has 1 aromatic carbocycles. The molecule has 0 atom stereocenters. The maximum Gasteiger partial charge on any atom is 0.213 e. The molecule has 0 amide bonds. The van der Waals surface area contributed by atoms with Crippen LogP contribution in [0.2, 0.25) is 5.02 Å². The van der Waals surface area contributed by atoms with Gasteiger partial charge in [-0.15, -0.1) is 10.2 Å². The first-order valence-corrected chi connectivity index (χ1v) is 11.2. The van der Waals surface area contributed by atoms with Crippen molar-refractivity contribution in [3.63, 3.8) is 0 Å². The number of pyridine rings is 1. The van der Waals surface area contributed by atoms with Crippen LogP contribution in [0.1, 0.15) is 54.7 Å². The number of hydrogen-bond acceptors (Lipinski definition) is 6. The van der Waals surface area contributed by atoms with Gasteiger partial charge in [-0.25, -0.2) is 4.98 Å². The van der Waals surface area contributed by atoms with Gasteiger partial charge in [-0.1, -0.05) is 22.8 Å². The molecule has 1 saturated carbocycles. The minimum Gasteiger partial charge on any atom is -0.474 e. The molecule has 3 aromatic heterocycles. The van der Waals surface area contributed by atoms with Crippen LogP contribution in [-0.4, -0.2) is 31.0 Å². The van der Waals surface area contributed by atoms with Gasteiger partial charge in [0.15, 0.2) is 0 Å². The third-order valence-corrected chi connectivity index (χ3v) is 6.07. The van der Waals surface area contributed by atoms with E-state index in [0.717, 1.165) is 54.5 Å². The predicted octanol–water partition coefficient (Wildman–Crippen LogP) is 5.31. The van der Waals surface area contributed by atoms with Crippen LogP contribution >= 0.6 is 11.6 Å². The number of aryl methyl sites for hydroxylation is 1. The summed E-state index contributed by atoms with van der Waals surface area (Å²) in [7, 11) is 0. The van der Waals surface area contributed by atoms with Crippen LogP contribution in [0.3, 0.4) is 0 Å². The first kappa shape index (κ1) is 20.7. The average Bonchev–Trinajstić information content (AvgIpc) is 3.42. The second kappa shape index (κ2) is 9.12. The lowest BCUT2D eigenvalue weighted by Gasteiger charge is -2.28. The molecule has 5 rings (SSSR count). The summed E-state index contributed by atoms with van der Waals surface area (Å²) in [5.74, 6) is 3.57. The molecule has 3 heterocycles. The Kier molecular flexibility index (Phi) is 5.90. The molecule has 1 fully saturated rings. The van der Waals surface area contributed by atoms with Crippen LogP contribution in [0, 0.1) is 6.92 Å². The average molecular weight is 450 g/mol. The monoisotopic (exact) mass is 449 g/mol. The molecule has 1 aliphatic carbocycles. The molecule has 8 heteroatoms. The zero-order valence-corrected chi connectivity index (χ0v) is 18.6. The second-order valence-corrected chi connectivity index (χ2v) is 8.59. The molecule has 0 spiro atoms. The van der Waals surface area contributed by atoms with Crippen molar-refractivity contribution < 1.29 is 9.26 Å². The van der Waals surface area contributed by atoms with Gasteiger partial charge < -0.3 is 9.26 Å². The highest BCUT2D eigenvalue weighted by Crippen LogP contribution is 2.35. The number of hydrogen-bond donors (Lipinski definition) is 0. The van der Waals surface area contributed by atoms with Gasteiger partial charge in [0.25, 0.3) is 0 Å². The third-order valence-electron chi connectivity index (χ3n) is 5.82. The van der Waals surface area contributed by atoms with Crippen LogP contribution in [0.5, 0.6) is 5.88 Å². The molecule has 0 bridgehead atoms. The highest BCUT2D eigenvalue weighted by molar-refractivity contribution is 6.30. The van der Waals surface area contributed by atoms with E-state index >= 15 is 0 Å². The molecule has 4 aromatic rings. The fraction of sp³-hybridized carbons (Fsp3) is 0.333.